The van der Waals surface area contributed by atoms with E-state index in [4.69, 9.17) is 0 Å². The zero-order valence-corrected chi connectivity index (χ0v) is 7.27. The van der Waals surface area contributed by atoms with Crippen LogP contribution in [0.25, 0.3) is 0 Å². The summed E-state index contributed by atoms with van der Waals surface area (Å²) in [5.74, 6) is 0. The molecule has 1 unspecified atom stereocenters. The highest BCUT2D eigenvalue weighted by molar-refractivity contribution is 5.00. The Bertz CT molecular complexity index is 213. The molecular weight excluding hydrogens is 152 g/mol. The minimum Gasteiger partial charge on any atom is -0.393 e. The fourth-order valence-corrected chi connectivity index (χ4v) is 1.12. The van der Waals surface area contributed by atoms with Crippen molar-refractivity contribution in [3.63, 3.8) is 0 Å². The molecule has 3 nitrogen and oxygen atoms in total. The molecule has 0 saturated carbocycles. The van der Waals surface area contributed by atoms with E-state index in [2.05, 4.69) is 17.1 Å². The van der Waals surface area contributed by atoms with Crippen molar-refractivity contribution in [1.29, 1.82) is 0 Å². The van der Waals surface area contributed by atoms with Crippen molar-refractivity contribution in [2.24, 2.45) is 0 Å². The maximum atomic E-state index is 9.43. The quantitative estimate of drug-likeness (QED) is 0.730. The third-order valence-corrected chi connectivity index (χ3v) is 1.69. The molecule has 0 aromatic carbocycles. The highest BCUT2D eigenvalue weighted by Crippen LogP contribution is 2.03. The molecule has 0 amide bonds. The predicted molar refractivity (Wildman–Crippen MR) is 46.7 cm³/mol. The average Bonchev–Trinajstić information content (AvgIpc) is 2.06. The largest absolute Gasteiger partial charge is 0.393 e. The SMILES string of the molecule is CCCC(O)Cc1cccnn1. The van der Waals surface area contributed by atoms with Crippen molar-refractivity contribution in [1.82, 2.24) is 10.2 Å². The first-order valence-corrected chi connectivity index (χ1v) is 4.27. The zero-order chi connectivity index (χ0) is 8.81. The van der Waals surface area contributed by atoms with Crippen molar-refractivity contribution >= 4 is 0 Å². The van der Waals surface area contributed by atoms with Gasteiger partial charge in [-0.1, -0.05) is 13.3 Å². The summed E-state index contributed by atoms with van der Waals surface area (Å²) < 4.78 is 0. The van der Waals surface area contributed by atoms with Crippen LogP contribution in [0, 0.1) is 0 Å². The fraction of sp³-hybridized carbons (Fsp3) is 0.556. The van der Waals surface area contributed by atoms with E-state index in [9.17, 15) is 5.11 Å². The molecule has 1 rings (SSSR count). The molecule has 66 valence electrons. The molecule has 0 saturated heterocycles. The molecule has 0 aliphatic heterocycles. The van der Waals surface area contributed by atoms with Gasteiger partial charge in [0.15, 0.2) is 0 Å². The van der Waals surface area contributed by atoms with Gasteiger partial charge in [-0.3, -0.25) is 0 Å². The van der Waals surface area contributed by atoms with Crippen LogP contribution < -0.4 is 0 Å². The summed E-state index contributed by atoms with van der Waals surface area (Å²) in [5.41, 5.74) is 0.860. The minimum absolute atomic E-state index is 0.272. The van der Waals surface area contributed by atoms with Gasteiger partial charge in [0.2, 0.25) is 0 Å². The smallest absolute Gasteiger partial charge is 0.0656 e. The summed E-state index contributed by atoms with van der Waals surface area (Å²) in [6.45, 7) is 2.06. The molecule has 0 fully saturated rings. The summed E-state index contributed by atoms with van der Waals surface area (Å²) in [7, 11) is 0. The van der Waals surface area contributed by atoms with Gasteiger partial charge in [0.05, 0.1) is 11.8 Å². The Morgan fingerprint density at radius 3 is 3.00 bits per heavy atom. The predicted octanol–water partition coefficient (Wildman–Crippen LogP) is 1.18. The summed E-state index contributed by atoms with van der Waals surface area (Å²) >= 11 is 0. The third kappa shape index (κ3) is 2.96. The van der Waals surface area contributed by atoms with Crippen LogP contribution in [-0.4, -0.2) is 21.4 Å². The lowest BCUT2D eigenvalue weighted by Gasteiger charge is -2.06. The summed E-state index contributed by atoms with van der Waals surface area (Å²) in [6.07, 6.45) is 3.81. The molecule has 0 aliphatic rings. The Labute approximate surface area is 72.5 Å². The monoisotopic (exact) mass is 166 g/mol. The fourth-order valence-electron chi connectivity index (χ4n) is 1.12. The molecule has 0 aliphatic carbocycles. The molecule has 0 radical (unpaired) electrons. The van der Waals surface area contributed by atoms with Crippen LogP contribution in [0.4, 0.5) is 0 Å². The van der Waals surface area contributed by atoms with Crippen LogP contribution in [0.15, 0.2) is 18.3 Å². The van der Waals surface area contributed by atoms with E-state index in [1.807, 2.05) is 12.1 Å². The summed E-state index contributed by atoms with van der Waals surface area (Å²) in [4.78, 5) is 0. The number of hydrogen-bond donors (Lipinski definition) is 1. The van der Waals surface area contributed by atoms with Crippen LogP contribution in [0.3, 0.4) is 0 Å². The van der Waals surface area contributed by atoms with E-state index in [0.717, 1.165) is 18.5 Å². The highest BCUT2D eigenvalue weighted by atomic mass is 16.3. The van der Waals surface area contributed by atoms with Crippen molar-refractivity contribution in [3.05, 3.63) is 24.0 Å². The molecule has 1 aromatic rings. The number of aliphatic hydroxyl groups is 1. The van der Waals surface area contributed by atoms with Crippen molar-refractivity contribution in [3.8, 4) is 0 Å². The normalized spacial score (nSPS) is 12.8. The Morgan fingerprint density at radius 2 is 2.42 bits per heavy atom. The highest BCUT2D eigenvalue weighted by Gasteiger charge is 2.04. The van der Waals surface area contributed by atoms with Crippen LogP contribution in [-0.2, 0) is 6.42 Å². The molecule has 1 aromatic heterocycles. The number of aromatic nitrogens is 2. The Hall–Kier alpha value is -0.960. The molecule has 0 bridgehead atoms. The lowest BCUT2D eigenvalue weighted by Crippen LogP contribution is -2.10. The number of hydrogen-bond acceptors (Lipinski definition) is 3. The lowest BCUT2D eigenvalue weighted by atomic mass is 10.1. The van der Waals surface area contributed by atoms with E-state index in [1.54, 1.807) is 6.20 Å². The van der Waals surface area contributed by atoms with Gasteiger partial charge in [-0.15, -0.1) is 0 Å². The Kier molecular flexibility index (Phi) is 3.67. The van der Waals surface area contributed by atoms with Crippen LogP contribution in [0.5, 0.6) is 0 Å². The topological polar surface area (TPSA) is 46.0 Å². The van der Waals surface area contributed by atoms with Gasteiger partial charge in [0, 0.05) is 12.6 Å². The molecule has 0 spiro atoms. The van der Waals surface area contributed by atoms with Gasteiger partial charge in [-0.2, -0.15) is 10.2 Å². The summed E-state index contributed by atoms with van der Waals surface area (Å²) in [5, 5.41) is 17.1. The van der Waals surface area contributed by atoms with E-state index in [-0.39, 0.29) is 6.10 Å². The van der Waals surface area contributed by atoms with Crippen molar-refractivity contribution < 1.29 is 5.11 Å². The van der Waals surface area contributed by atoms with Crippen molar-refractivity contribution in [2.75, 3.05) is 0 Å². The Balaban J connectivity index is 2.41. The van der Waals surface area contributed by atoms with Gasteiger partial charge in [0.25, 0.3) is 0 Å². The second kappa shape index (κ2) is 4.83. The first-order chi connectivity index (χ1) is 5.83. The van der Waals surface area contributed by atoms with Crippen LogP contribution in [0.2, 0.25) is 0 Å². The minimum atomic E-state index is -0.272. The van der Waals surface area contributed by atoms with Gasteiger partial charge >= 0.3 is 0 Å². The maximum absolute atomic E-state index is 9.43. The molecule has 1 heterocycles. The zero-order valence-electron chi connectivity index (χ0n) is 7.27. The third-order valence-electron chi connectivity index (χ3n) is 1.69. The first-order valence-electron chi connectivity index (χ1n) is 4.27. The van der Waals surface area contributed by atoms with Gasteiger partial charge in [0.1, 0.15) is 0 Å². The van der Waals surface area contributed by atoms with E-state index in [0.29, 0.717) is 6.42 Å². The molecule has 3 heteroatoms. The second-order valence-electron chi connectivity index (χ2n) is 2.86. The standard InChI is InChI=1S/C9H14N2O/c1-2-4-9(12)7-8-5-3-6-10-11-8/h3,5-6,9,12H,2,4,7H2,1H3. The van der Waals surface area contributed by atoms with E-state index < -0.39 is 0 Å². The van der Waals surface area contributed by atoms with Gasteiger partial charge < -0.3 is 5.11 Å². The van der Waals surface area contributed by atoms with Gasteiger partial charge in [-0.05, 0) is 18.6 Å². The summed E-state index contributed by atoms with van der Waals surface area (Å²) in [6, 6.07) is 3.72. The molecular formula is C9H14N2O. The van der Waals surface area contributed by atoms with Crippen LogP contribution >= 0.6 is 0 Å². The lowest BCUT2D eigenvalue weighted by molar-refractivity contribution is 0.162. The average molecular weight is 166 g/mol. The molecule has 12 heavy (non-hydrogen) atoms. The first kappa shape index (κ1) is 9.13. The van der Waals surface area contributed by atoms with E-state index >= 15 is 0 Å². The van der Waals surface area contributed by atoms with E-state index in [1.165, 1.54) is 0 Å². The number of rotatable bonds is 4. The number of aliphatic hydroxyl groups excluding tert-OH is 1. The van der Waals surface area contributed by atoms with Crippen LogP contribution in [0.1, 0.15) is 25.5 Å². The number of nitrogens with zero attached hydrogens (tertiary/aromatic N) is 2. The van der Waals surface area contributed by atoms with Gasteiger partial charge in [-0.25, -0.2) is 0 Å². The maximum Gasteiger partial charge on any atom is 0.0656 e. The molecule has 1 N–H and O–H groups in total. The second-order valence-corrected chi connectivity index (χ2v) is 2.86. The van der Waals surface area contributed by atoms with Crippen molar-refractivity contribution in [2.45, 2.75) is 32.3 Å². The Morgan fingerprint density at radius 1 is 1.58 bits per heavy atom. The molecule has 1 atom stereocenters.